The van der Waals surface area contributed by atoms with E-state index in [1.165, 1.54) is 18.6 Å². The molecule has 5 rings (SSSR count). The number of benzene rings is 2. The zero-order chi connectivity index (χ0) is 22.3. The number of urea groups is 1. The molecule has 0 atom stereocenters. The number of hydrogen-bond acceptors (Lipinski definition) is 3. The molecule has 0 aliphatic heterocycles. The summed E-state index contributed by atoms with van der Waals surface area (Å²) in [6.45, 7) is 0. The maximum atomic E-state index is 12.7. The first-order chi connectivity index (χ1) is 15.4. The molecule has 1 aliphatic rings. The molecule has 0 spiro atoms. The van der Waals surface area contributed by atoms with Gasteiger partial charge in [-0.25, -0.2) is 9.78 Å². The van der Waals surface area contributed by atoms with Crippen LogP contribution in [0.4, 0.5) is 29.3 Å². The fourth-order valence-corrected chi connectivity index (χ4v) is 3.67. The highest BCUT2D eigenvalue weighted by atomic mass is 19.4. The van der Waals surface area contributed by atoms with Gasteiger partial charge in [0.1, 0.15) is 12.0 Å². The average molecular weight is 440 g/mol. The minimum absolute atomic E-state index is 0.252. The fourth-order valence-electron chi connectivity index (χ4n) is 3.67. The van der Waals surface area contributed by atoms with E-state index in [2.05, 4.69) is 20.6 Å². The number of amides is 2. The molecule has 6 nitrogen and oxygen atoms in total. The van der Waals surface area contributed by atoms with Crippen molar-refractivity contribution in [3.05, 3.63) is 66.4 Å². The lowest BCUT2D eigenvalue weighted by atomic mass is 9.85. The Hall–Kier alpha value is -3.75. The third-order valence-electron chi connectivity index (χ3n) is 5.67. The van der Waals surface area contributed by atoms with Crippen LogP contribution in [0.15, 0.2) is 59.3 Å². The number of oxazole rings is 1. The van der Waals surface area contributed by atoms with Gasteiger partial charge in [0.25, 0.3) is 0 Å². The van der Waals surface area contributed by atoms with Crippen LogP contribution in [-0.4, -0.2) is 16.0 Å². The van der Waals surface area contributed by atoms with Crippen molar-refractivity contribution in [3.8, 4) is 11.3 Å². The van der Waals surface area contributed by atoms with Crippen molar-refractivity contribution in [1.82, 2.24) is 9.97 Å². The molecule has 1 saturated carbocycles. The van der Waals surface area contributed by atoms with Crippen molar-refractivity contribution < 1.29 is 22.4 Å². The minimum atomic E-state index is -4.43. The van der Waals surface area contributed by atoms with E-state index in [1.807, 2.05) is 18.2 Å². The first kappa shape index (κ1) is 20.2. The second-order valence-electron chi connectivity index (χ2n) is 7.82. The number of H-pyrrole nitrogens is 1. The number of nitrogens with zero attached hydrogens (tertiary/aromatic N) is 1. The molecular formula is C23H19F3N4O2. The summed E-state index contributed by atoms with van der Waals surface area (Å²) in [7, 11) is 0. The molecule has 9 heteroatoms. The number of nitrogens with one attached hydrogen (secondary N) is 3. The Kier molecular flexibility index (Phi) is 4.88. The van der Waals surface area contributed by atoms with Crippen LogP contribution in [0.1, 0.15) is 36.6 Å². The number of halogens is 3. The number of fused-ring (bicyclic) bond motifs is 1. The number of carbonyl (C=O) groups is 1. The van der Waals surface area contributed by atoms with Gasteiger partial charge >= 0.3 is 12.2 Å². The van der Waals surface area contributed by atoms with Crippen LogP contribution in [0, 0.1) is 0 Å². The number of hydrogen-bond donors (Lipinski definition) is 3. The Balaban J connectivity index is 1.32. The second-order valence-corrected chi connectivity index (χ2v) is 7.82. The van der Waals surface area contributed by atoms with Crippen LogP contribution < -0.4 is 10.6 Å². The number of carbonyl (C=O) groups excluding carboxylic acids is 1. The van der Waals surface area contributed by atoms with Gasteiger partial charge in [-0.1, -0.05) is 12.5 Å². The summed E-state index contributed by atoms with van der Waals surface area (Å²) in [5.41, 5.74) is 2.42. The largest absolute Gasteiger partial charge is 0.448 e. The average Bonchev–Trinajstić information content (AvgIpc) is 3.34. The van der Waals surface area contributed by atoms with Crippen molar-refractivity contribution >= 4 is 28.3 Å². The lowest BCUT2D eigenvalue weighted by Crippen LogP contribution is -2.19. The summed E-state index contributed by atoms with van der Waals surface area (Å²) in [6.07, 6.45) is 2.26. The van der Waals surface area contributed by atoms with Crippen molar-refractivity contribution in [2.75, 3.05) is 10.6 Å². The van der Waals surface area contributed by atoms with E-state index in [4.69, 9.17) is 4.42 Å². The summed E-state index contributed by atoms with van der Waals surface area (Å²) in [5.74, 6) is 1.15. The molecule has 4 aromatic rings. The van der Waals surface area contributed by atoms with Crippen LogP contribution in [0.2, 0.25) is 0 Å². The van der Waals surface area contributed by atoms with Gasteiger partial charge in [-0.2, -0.15) is 13.2 Å². The van der Waals surface area contributed by atoms with Crippen molar-refractivity contribution in [2.45, 2.75) is 31.4 Å². The van der Waals surface area contributed by atoms with Gasteiger partial charge in [0, 0.05) is 34.3 Å². The first-order valence-electron chi connectivity index (χ1n) is 10.2. The number of alkyl halides is 3. The molecule has 0 radical (unpaired) electrons. The van der Waals surface area contributed by atoms with E-state index in [9.17, 15) is 18.0 Å². The Morgan fingerprint density at radius 3 is 2.56 bits per heavy atom. The molecule has 0 bridgehead atoms. The van der Waals surface area contributed by atoms with Gasteiger partial charge in [-0.3, -0.25) is 0 Å². The molecular weight excluding hydrogens is 421 g/mol. The van der Waals surface area contributed by atoms with E-state index in [0.717, 1.165) is 53.0 Å². The summed E-state index contributed by atoms with van der Waals surface area (Å²) in [4.78, 5) is 20.1. The number of aromatic amines is 1. The van der Waals surface area contributed by atoms with Crippen LogP contribution >= 0.6 is 0 Å². The number of anilines is 2. The Labute approximate surface area is 180 Å². The van der Waals surface area contributed by atoms with E-state index in [0.29, 0.717) is 11.6 Å². The maximum absolute atomic E-state index is 12.7. The summed E-state index contributed by atoms with van der Waals surface area (Å²) in [5, 5.41) is 6.05. The van der Waals surface area contributed by atoms with Crippen molar-refractivity contribution in [1.29, 1.82) is 0 Å². The van der Waals surface area contributed by atoms with Gasteiger partial charge in [0.05, 0.1) is 11.3 Å². The fraction of sp³-hybridized carbons (Fsp3) is 0.217. The molecule has 2 aromatic heterocycles. The second kappa shape index (κ2) is 7.74. The highest BCUT2D eigenvalue weighted by Crippen LogP contribution is 2.37. The lowest BCUT2D eigenvalue weighted by Gasteiger charge is -2.21. The zero-order valence-electron chi connectivity index (χ0n) is 16.8. The predicted molar refractivity (Wildman–Crippen MR) is 114 cm³/mol. The summed E-state index contributed by atoms with van der Waals surface area (Å²) < 4.78 is 43.7. The molecule has 3 N–H and O–H groups in total. The molecule has 2 amide bonds. The third-order valence-corrected chi connectivity index (χ3v) is 5.67. The lowest BCUT2D eigenvalue weighted by molar-refractivity contribution is -0.137. The molecule has 32 heavy (non-hydrogen) atoms. The van der Waals surface area contributed by atoms with Crippen LogP contribution in [0.3, 0.4) is 0 Å². The van der Waals surface area contributed by atoms with E-state index in [1.54, 1.807) is 12.5 Å². The first-order valence-corrected chi connectivity index (χ1v) is 10.2. The zero-order valence-corrected chi connectivity index (χ0v) is 16.8. The van der Waals surface area contributed by atoms with Crippen LogP contribution in [0.5, 0.6) is 0 Å². The van der Waals surface area contributed by atoms with Crippen LogP contribution in [-0.2, 0) is 6.18 Å². The standard InChI is InChI=1S/C23H19F3N4O2/c24-23(25,26)15-5-7-16(8-6-15)28-22(31)30-19-11-27-18-9-4-14(10-17(18)19)20-12-32-21(29-20)13-2-1-3-13/h4-13,27H,1-3H2,(H2,28,30,31). The minimum Gasteiger partial charge on any atom is -0.448 e. The van der Waals surface area contributed by atoms with Crippen LogP contribution in [0.25, 0.3) is 22.2 Å². The molecule has 0 saturated heterocycles. The molecule has 0 unspecified atom stereocenters. The number of rotatable bonds is 4. The Morgan fingerprint density at radius 2 is 1.88 bits per heavy atom. The van der Waals surface area contributed by atoms with Gasteiger partial charge in [-0.15, -0.1) is 0 Å². The highest BCUT2D eigenvalue weighted by Gasteiger charge is 2.30. The Bertz CT molecular complexity index is 1270. The maximum Gasteiger partial charge on any atom is 0.416 e. The van der Waals surface area contributed by atoms with Gasteiger partial charge in [0.2, 0.25) is 0 Å². The third kappa shape index (κ3) is 3.93. The van der Waals surface area contributed by atoms with Gasteiger partial charge in [-0.05, 0) is 49.2 Å². The van der Waals surface area contributed by atoms with Crippen molar-refractivity contribution in [3.63, 3.8) is 0 Å². The molecule has 1 fully saturated rings. The topological polar surface area (TPSA) is 83.0 Å². The molecule has 2 heterocycles. The van der Waals surface area contributed by atoms with Gasteiger partial charge in [0.15, 0.2) is 5.89 Å². The summed E-state index contributed by atoms with van der Waals surface area (Å²) in [6, 6.07) is 9.41. The van der Waals surface area contributed by atoms with E-state index >= 15 is 0 Å². The normalized spacial score (nSPS) is 14.3. The molecule has 1 aliphatic carbocycles. The SMILES string of the molecule is O=C(Nc1ccc(C(F)(F)F)cc1)Nc1c[nH]c2ccc(-c3coc(C4CCC4)n3)cc12. The molecule has 2 aromatic carbocycles. The Morgan fingerprint density at radius 1 is 1.09 bits per heavy atom. The number of aromatic nitrogens is 2. The quantitative estimate of drug-likeness (QED) is 0.328. The molecule has 164 valence electrons. The van der Waals surface area contributed by atoms with E-state index in [-0.39, 0.29) is 5.69 Å². The summed E-state index contributed by atoms with van der Waals surface area (Å²) >= 11 is 0. The highest BCUT2D eigenvalue weighted by molar-refractivity contribution is 6.06. The van der Waals surface area contributed by atoms with Crippen molar-refractivity contribution in [2.24, 2.45) is 0 Å². The monoisotopic (exact) mass is 440 g/mol. The predicted octanol–water partition coefficient (Wildman–Crippen LogP) is 6.75. The smallest absolute Gasteiger partial charge is 0.416 e. The van der Waals surface area contributed by atoms with E-state index < -0.39 is 17.8 Å². The van der Waals surface area contributed by atoms with Gasteiger partial charge < -0.3 is 20.0 Å².